The molecule has 1 heterocycles. The number of guanidine groups is 1. The maximum absolute atomic E-state index is 5.41. The van der Waals surface area contributed by atoms with Gasteiger partial charge in [0.1, 0.15) is 5.75 Å². The minimum absolute atomic E-state index is 0. The van der Waals surface area contributed by atoms with Crippen LogP contribution in [0.1, 0.15) is 19.4 Å². The van der Waals surface area contributed by atoms with Crippen LogP contribution in [0.3, 0.4) is 0 Å². The van der Waals surface area contributed by atoms with Gasteiger partial charge in [0.2, 0.25) is 0 Å². The van der Waals surface area contributed by atoms with Crippen molar-refractivity contribution in [1.29, 1.82) is 0 Å². The highest BCUT2D eigenvalue weighted by Gasteiger charge is 2.13. The summed E-state index contributed by atoms with van der Waals surface area (Å²) >= 11 is 0. The normalized spacial score (nSPS) is 16.5. The van der Waals surface area contributed by atoms with Gasteiger partial charge in [-0.1, -0.05) is 19.1 Å². The molecule has 1 fully saturated rings. The van der Waals surface area contributed by atoms with Crippen molar-refractivity contribution in [3.05, 3.63) is 29.8 Å². The maximum atomic E-state index is 5.41. The summed E-state index contributed by atoms with van der Waals surface area (Å²) in [5.74, 6) is 2.30. The zero-order valence-corrected chi connectivity index (χ0v) is 18.5. The third-order valence-corrected chi connectivity index (χ3v) is 4.21. The van der Waals surface area contributed by atoms with Crippen molar-refractivity contribution in [2.45, 2.75) is 20.4 Å². The molecule has 0 saturated carbocycles. The Bertz CT molecular complexity index is 519. The fourth-order valence-corrected chi connectivity index (χ4v) is 2.80. The average Bonchev–Trinajstić information content (AvgIpc) is 2.65. The highest BCUT2D eigenvalue weighted by Crippen LogP contribution is 2.11. The fraction of sp³-hybridized carbons (Fsp3) is 0.632. The van der Waals surface area contributed by atoms with Gasteiger partial charge in [0.15, 0.2) is 5.96 Å². The third-order valence-electron chi connectivity index (χ3n) is 4.21. The molecule has 1 aromatic rings. The van der Waals surface area contributed by atoms with Crippen molar-refractivity contribution in [2.24, 2.45) is 10.9 Å². The van der Waals surface area contributed by atoms with E-state index in [-0.39, 0.29) is 24.0 Å². The van der Waals surface area contributed by atoms with E-state index in [1.54, 1.807) is 7.11 Å². The monoisotopic (exact) mass is 476 g/mol. The number of methoxy groups -OCH3 is 1. The second-order valence-electron chi connectivity index (χ2n) is 6.44. The second kappa shape index (κ2) is 13.2. The van der Waals surface area contributed by atoms with E-state index in [9.17, 15) is 0 Å². The lowest BCUT2D eigenvalue weighted by molar-refractivity contribution is 0.0320. The van der Waals surface area contributed by atoms with Gasteiger partial charge in [-0.2, -0.15) is 0 Å². The molecule has 1 aromatic carbocycles. The van der Waals surface area contributed by atoms with E-state index in [0.29, 0.717) is 12.5 Å². The van der Waals surface area contributed by atoms with Crippen molar-refractivity contribution in [3.63, 3.8) is 0 Å². The minimum Gasteiger partial charge on any atom is -0.497 e. The number of nitrogens with zero attached hydrogens (tertiary/aromatic N) is 2. The molecule has 1 atom stereocenters. The lowest BCUT2D eigenvalue weighted by Gasteiger charge is -2.29. The number of aliphatic imine (C=N–C) groups is 1. The van der Waals surface area contributed by atoms with E-state index in [1.807, 2.05) is 24.3 Å². The Kier molecular flexibility index (Phi) is 11.6. The predicted molar refractivity (Wildman–Crippen MR) is 118 cm³/mol. The van der Waals surface area contributed by atoms with Crippen LogP contribution in [0.25, 0.3) is 0 Å². The predicted octanol–water partition coefficient (Wildman–Crippen LogP) is 2.34. The number of hydrogen-bond acceptors (Lipinski definition) is 4. The lowest BCUT2D eigenvalue weighted by Crippen LogP contribution is -2.44. The number of nitrogens with one attached hydrogen (secondary N) is 2. The highest BCUT2D eigenvalue weighted by molar-refractivity contribution is 14.0. The maximum Gasteiger partial charge on any atom is 0.191 e. The first kappa shape index (κ1) is 23.0. The number of morpholine rings is 1. The van der Waals surface area contributed by atoms with E-state index >= 15 is 0 Å². The van der Waals surface area contributed by atoms with Gasteiger partial charge >= 0.3 is 0 Å². The van der Waals surface area contributed by atoms with Crippen LogP contribution < -0.4 is 15.4 Å². The van der Waals surface area contributed by atoms with E-state index in [4.69, 9.17) is 9.47 Å². The molecule has 0 aromatic heterocycles. The number of rotatable bonds is 8. The first-order valence-electron chi connectivity index (χ1n) is 9.16. The van der Waals surface area contributed by atoms with Crippen LogP contribution in [0.2, 0.25) is 0 Å². The van der Waals surface area contributed by atoms with Gasteiger partial charge in [0.25, 0.3) is 0 Å². The van der Waals surface area contributed by atoms with Crippen LogP contribution in [0.15, 0.2) is 29.3 Å². The number of halogens is 1. The molecular formula is C19H33IN4O2. The largest absolute Gasteiger partial charge is 0.497 e. The zero-order valence-electron chi connectivity index (χ0n) is 16.2. The van der Waals surface area contributed by atoms with Crippen molar-refractivity contribution < 1.29 is 9.47 Å². The molecule has 1 aliphatic rings. The molecule has 26 heavy (non-hydrogen) atoms. The topological polar surface area (TPSA) is 58.1 Å². The summed E-state index contributed by atoms with van der Waals surface area (Å²) in [7, 11) is 1.68. The Labute approximate surface area is 174 Å². The molecule has 6 nitrogen and oxygen atoms in total. The summed E-state index contributed by atoms with van der Waals surface area (Å²) in [4.78, 5) is 7.15. The number of benzene rings is 1. The average molecular weight is 476 g/mol. The summed E-state index contributed by atoms with van der Waals surface area (Å²) in [5.41, 5.74) is 1.17. The molecule has 0 spiro atoms. The Morgan fingerprint density at radius 1 is 1.23 bits per heavy atom. The molecule has 0 aliphatic carbocycles. The van der Waals surface area contributed by atoms with Gasteiger partial charge in [0, 0.05) is 32.7 Å². The molecular weight excluding hydrogens is 443 g/mol. The number of ether oxygens (including phenoxy) is 2. The molecule has 1 aliphatic heterocycles. The molecule has 2 N–H and O–H groups in total. The Balaban J connectivity index is 0.00000338. The smallest absolute Gasteiger partial charge is 0.191 e. The molecule has 0 bridgehead atoms. The highest BCUT2D eigenvalue weighted by atomic mass is 127. The van der Waals surface area contributed by atoms with Crippen molar-refractivity contribution in [1.82, 2.24) is 15.5 Å². The van der Waals surface area contributed by atoms with Gasteiger partial charge in [-0.25, -0.2) is 4.99 Å². The molecule has 7 heteroatoms. The standard InChI is InChI=1S/C19H32N4O2.HI/c1-4-20-19(22-14-17-5-7-18(24-3)8-6-17)21-13-16(2)15-23-9-11-25-12-10-23;/h5-8,16H,4,9-15H2,1-3H3,(H2,20,21,22);1H. The van der Waals surface area contributed by atoms with E-state index in [2.05, 4.69) is 34.4 Å². The molecule has 2 rings (SSSR count). The molecule has 1 unspecified atom stereocenters. The Hall–Kier alpha value is -1.06. The van der Waals surface area contributed by atoms with Crippen molar-refractivity contribution in [2.75, 3.05) is 53.0 Å². The van der Waals surface area contributed by atoms with E-state index in [0.717, 1.165) is 57.6 Å². The van der Waals surface area contributed by atoms with E-state index in [1.165, 1.54) is 5.56 Å². The molecule has 148 valence electrons. The van der Waals surface area contributed by atoms with Crippen LogP contribution in [0.5, 0.6) is 5.75 Å². The van der Waals surface area contributed by atoms with Gasteiger partial charge in [-0.05, 0) is 30.5 Å². The third kappa shape index (κ3) is 8.55. The quantitative estimate of drug-likeness (QED) is 0.343. The Morgan fingerprint density at radius 3 is 2.54 bits per heavy atom. The van der Waals surface area contributed by atoms with Crippen LogP contribution in [-0.2, 0) is 11.3 Å². The summed E-state index contributed by atoms with van der Waals surface area (Å²) in [6, 6.07) is 8.03. The SMILES string of the molecule is CCNC(=NCc1ccc(OC)cc1)NCC(C)CN1CCOCC1.I. The molecule has 0 radical (unpaired) electrons. The fourth-order valence-electron chi connectivity index (χ4n) is 2.80. The first-order valence-corrected chi connectivity index (χ1v) is 9.16. The first-order chi connectivity index (χ1) is 12.2. The molecule has 0 amide bonds. The lowest BCUT2D eigenvalue weighted by atomic mass is 10.1. The van der Waals surface area contributed by atoms with Crippen molar-refractivity contribution in [3.8, 4) is 5.75 Å². The van der Waals surface area contributed by atoms with Crippen LogP contribution in [0, 0.1) is 5.92 Å². The van der Waals surface area contributed by atoms with Gasteiger partial charge in [0.05, 0.1) is 26.9 Å². The Morgan fingerprint density at radius 2 is 1.92 bits per heavy atom. The summed E-state index contributed by atoms with van der Waals surface area (Å²) < 4.78 is 10.6. The van der Waals surface area contributed by atoms with Crippen LogP contribution in [-0.4, -0.2) is 63.9 Å². The minimum atomic E-state index is 0. The summed E-state index contributed by atoms with van der Waals surface area (Å²) in [5, 5.41) is 6.77. The van der Waals surface area contributed by atoms with Crippen LogP contribution >= 0.6 is 24.0 Å². The van der Waals surface area contributed by atoms with Crippen LogP contribution in [0.4, 0.5) is 0 Å². The molecule has 1 saturated heterocycles. The van der Waals surface area contributed by atoms with Gasteiger partial charge in [-0.15, -0.1) is 24.0 Å². The summed E-state index contributed by atoms with van der Waals surface area (Å²) in [6.45, 7) is 11.6. The van der Waals surface area contributed by atoms with Gasteiger partial charge < -0.3 is 20.1 Å². The van der Waals surface area contributed by atoms with Crippen molar-refractivity contribution >= 4 is 29.9 Å². The van der Waals surface area contributed by atoms with E-state index < -0.39 is 0 Å². The van der Waals surface area contributed by atoms with Gasteiger partial charge in [-0.3, -0.25) is 4.90 Å². The second-order valence-corrected chi connectivity index (χ2v) is 6.44. The zero-order chi connectivity index (χ0) is 17.9. The number of hydrogen-bond donors (Lipinski definition) is 2. The summed E-state index contributed by atoms with van der Waals surface area (Å²) in [6.07, 6.45) is 0.